The molecule has 0 saturated carbocycles. The summed E-state index contributed by atoms with van der Waals surface area (Å²) in [7, 11) is -0.574. The fraction of sp³-hybridized carbons (Fsp3) is 0.419. The van der Waals surface area contributed by atoms with Crippen LogP contribution in [0, 0.1) is 0 Å². The smallest absolute Gasteiger partial charge is 0.410 e. The summed E-state index contributed by atoms with van der Waals surface area (Å²) >= 11 is 0. The van der Waals surface area contributed by atoms with E-state index in [1.54, 1.807) is 62.1 Å². The van der Waals surface area contributed by atoms with Crippen molar-refractivity contribution in [2.45, 2.75) is 96.9 Å². The summed E-state index contributed by atoms with van der Waals surface area (Å²) in [4.78, 5) is 42.6. The van der Waals surface area contributed by atoms with Crippen molar-refractivity contribution in [2.24, 2.45) is 0 Å². The van der Waals surface area contributed by atoms with Crippen LogP contribution in [0.1, 0.15) is 80.7 Å². The molecule has 54 heavy (non-hydrogen) atoms. The third kappa shape index (κ3) is 10.1. The number of likely N-dealkylation sites (tertiary alicyclic amines) is 1. The number of benzene rings is 4. The van der Waals surface area contributed by atoms with Crippen molar-refractivity contribution in [1.82, 2.24) is 10.2 Å². The van der Waals surface area contributed by atoms with Crippen LogP contribution >= 0.6 is 0 Å². The highest BCUT2D eigenvalue weighted by Crippen LogP contribution is 2.37. The molecule has 4 aromatic carbocycles. The van der Waals surface area contributed by atoms with E-state index in [0.717, 1.165) is 16.3 Å². The minimum absolute atomic E-state index is 0.0196. The first kappa shape index (κ1) is 40.2. The molecule has 0 unspecified atom stereocenters. The maximum absolute atomic E-state index is 14.0. The molecule has 1 aliphatic heterocycles. The van der Waals surface area contributed by atoms with Gasteiger partial charge in [-0.3, -0.25) is 4.79 Å². The molecule has 0 aliphatic carbocycles. The molecule has 1 N–H and O–H groups in total. The van der Waals surface area contributed by atoms with E-state index in [2.05, 4.69) is 39.2 Å². The van der Waals surface area contributed by atoms with Gasteiger partial charge in [0.1, 0.15) is 41.1 Å². The molecule has 0 bridgehead atoms. The molecule has 0 spiro atoms. The second kappa shape index (κ2) is 16.5. The molecule has 0 aromatic heterocycles. The third-order valence-electron chi connectivity index (χ3n) is 9.92. The first-order valence-electron chi connectivity index (χ1n) is 18.5. The number of methoxy groups -OCH3 is 1. The van der Waals surface area contributed by atoms with Crippen molar-refractivity contribution in [2.75, 3.05) is 20.2 Å². The molecule has 2 amide bonds. The molecule has 1 fully saturated rings. The maximum atomic E-state index is 14.0. The lowest BCUT2D eigenvalue weighted by molar-refractivity contribution is 0.0125. The van der Waals surface area contributed by atoms with Gasteiger partial charge in [0.15, 0.2) is 0 Å². The number of amides is 2. The van der Waals surface area contributed by atoms with Gasteiger partial charge in [-0.05, 0) is 105 Å². The van der Waals surface area contributed by atoms with E-state index < -0.39 is 38.1 Å². The number of hydrogen-bond acceptors (Lipinski definition) is 8. The Morgan fingerprint density at radius 1 is 0.870 bits per heavy atom. The van der Waals surface area contributed by atoms with Gasteiger partial charge >= 0.3 is 12.1 Å². The van der Waals surface area contributed by atoms with Gasteiger partial charge in [0, 0.05) is 24.0 Å². The molecule has 288 valence electrons. The van der Waals surface area contributed by atoms with Crippen LogP contribution in [0.5, 0.6) is 17.2 Å². The first-order valence-corrected chi connectivity index (χ1v) is 21.4. The molecule has 4 aromatic rings. The molecule has 5 rings (SSSR count). The zero-order chi connectivity index (χ0) is 39.3. The Bertz CT molecular complexity index is 1930. The van der Waals surface area contributed by atoms with E-state index in [0.29, 0.717) is 48.8 Å². The molecule has 10 nitrogen and oxygen atoms in total. The molecular weight excluding hydrogens is 701 g/mol. The van der Waals surface area contributed by atoms with E-state index in [-0.39, 0.29) is 23.1 Å². The number of hydrogen-bond donors (Lipinski definition) is 1. The van der Waals surface area contributed by atoms with Crippen molar-refractivity contribution in [3.63, 3.8) is 0 Å². The SMILES string of the molecule is COc1cc2c(OCc3ccccc3)cccc2cc1C(=O)O[C@@H]1CCCN(C(=O)OC(C)(C)C)C[C@H]1NC(=O)c1ccc(O[Si](C)(C)C(C)(C)C)cc1. The number of carbonyl (C=O) groups excluding carboxylic acids is 3. The predicted octanol–water partition coefficient (Wildman–Crippen LogP) is 9.17. The van der Waals surface area contributed by atoms with Gasteiger partial charge in [-0.1, -0.05) is 63.2 Å². The summed E-state index contributed by atoms with van der Waals surface area (Å²) in [6.45, 7) is 17.1. The number of esters is 1. The van der Waals surface area contributed by atoms with Gasteiger partial charge in [0.25, 0.3) is 5.91 Å². The van der Waals surface area contributed by atoms with Crippen LogP contribution in [-0.4, -0.2) is 69.1 Å². The van der Waals surface area contributed by atoms with E-state index in [4.69, 9.17) is 23.4 Å². The van der Waals surface area contributed by atoms with Gasteiger partial charge in [-0.2, -0.15) is 0 Å². The van der Waals surface area contributed by atoms with Crippen LogP contribution < -0.4 is 19.2 Å². The quantitative estimate of drug-likeness (QED) is 0.126. The topological polar surface area (TPSA) is 113 Å². The number of ether oxygens (including phenoxy) is 4. The van der Waals surface area contributed by atoms with Crippen LogP contribution in [0.25, 0.3) is 10.8 Å². The summed E-state index contributed by atoms with van der Waals surface area (Å²) in [6, 6.07) is 25.4. The minimum Gasteiger partial charge on any atom is -0.544 e. The second-order valence-corrected chi connectivity index (χ2v) is 21.0. The molecule has 1 heterocycles. The van der Waals surface area contributed by atoms with Gasteiger partial charge < -0.3 is 33.6 Å². The molecule has 11 heteroatoms. The summed E-state index contributed by atoms with van der Waals surface area (Å²) in [5, 5.41) is 4.65. The van der Waals surface area contributed by atoms with E-state index in [9.17, 15) is 14.4 Å². The van der Waals surface area contributed by atoms with Crippen molar-refractivity contribution < 1.29 is 37.8 Å². The Kier molecular flexibility index (Phi) is 12.3. The molecule has 0 radical (unpaired) electrons. The van der Waals surface area contributed by atoms with Crippen LogP contribution in [0.3, 0.4) is 0 Å². The Balaban J connectivity index is 1.38. The predicted molar refractivity (Wildman–Crippen MR) is 213 cm³/mol. The van der Waals surface area contributed by atoms with Gasteiger partial charge in [0.05, 0.1) is 13.2 Å². The highest BCUT2D eigenvalue weighted by atomic mass is 28.4. The van der Waals surface area contributed by atoms with E-state index >= 15 is 0 Å². The third-order valence-corrected chi connectivity index (χ3v) is 14.3. The van der Waals surface area contributed by atoms with Crippen molar-refractivity contribution >= 4 is 37.1 Å². The fourth-order valence-corrected chi connectivity index (χ4v) is 6.98. The lowest BCUT2D eigenvalue weighted by atomic mass is 10.0. The van der Waals surface area contributed by atoms with Crippen molar-refractivity contribution in [3.8, 4) is 17.2 Å². The average Bonchev–Trinajstić information content (AvgIpc) is 3.31. The number of nitrogens with zero attached hydrogens (tertiary/aromatic N) is 1. The van der Waals surface area contributed by atoms with E-state index in [1.807, 2.05) is 48.5 Å². The normalized spacial score (nSPS) is 16.6. The monoisotopic (exact) mass is 754 g/mol. The second-order valence-electron chi connectivity index (χ2n) is 16.3. The lowest BCUT2D eigenvalue weighted by Crippen LogP contribution is -2.51. The van der Waals surface area contributed by atoms with Gasteiger partial charge in [-0.25, -0.2) is 9.59 Å². The zero-order valence-corrected chi connectivity index (χ0v) is 34.0. The highest BCUT2D eigenvalue weighted by molar-refractivity contribution is 6.74. The molecule has 1 aliphatic rings. The lowest BCUT2D eigenvalue weighted by Gasteiger charge is -2.36. The average molecular weight is 755 g/mol. The summed E-state index contributed by atoms with van der Waals surface area (Å²) in [5.41, 5.74) is 0.976. The Hall–Kier alpha value is -5.03. The van der Waals surface area contributed by atoms with Crippen molar-refractivity contribution in [3.05, 3.63) is 102 Å². The fourth-order valence-electron chi connectivity index (χ4n) is 5.94. The van der Waals surface area contributed by atoms with Crippen LogP contribution in [0.2, 0.25) is 18.1 Å². The first-order chi connectivity index (χ1) is 25.4. The Morgan fingerprint density at radius 3 is 2.22 bits per heavy atom. The number of rotatable bonds is 10. The standard InChI is InChI=1S/C43H54N2O8Si/c1-42(2,3)52-41(48)45-24-14-19-37(35(27-45)44-39(46)30-20-22-32(23-21-30)53-54(8,9)43(4,5)6)51-40(47)34-25-31-17-13-18-36(33(31)26-38(34)49-7)50-28-29-15-11-10-12-16-29/h10-13,15-18,20-23,25-26,35,37H,14,19,24,27-28H2,1-9H3,(H,44,46)/t35-,37-/m1/s1. The highest BCUT2D eigenvalue weighted by Gasteiger charge is 2.39. The number of carbonyl (C=O) groups is 3. The summed E-state index contributed by atoms with van der Waals surface area (Å²) in [6.07, 6.45) is -0.318. The zero-order valence-electron chi connectivity index (χ0n) is 33.0. The molecule has 1 saturated heterocycles. The van der Waals surface area contributed by atoms with Gasteiger partial charge in [-0.15, -0.1) is 0 Å². The minimum atomic E-state index is -2.08. The molecule has 2 atom stereocenters. The van der Waals surface area contributed by atoms with Crippen LogP contribution in [-0.2, 0) is 16.1 Å². The largest absolute Gasteiger partial charge is 0.544 e. The van der Waals surface area contributed by atoms with Crippen LogP contribution in [0.4, 0.5) is 4.79 Å². The maximum Gasteiger partial charge on any atom is 0.410 e. The summed E-state index contributed by atoms with van der Waals surface area (Å²) in [5.74, 6) is 0.717. The Morgan fingerprint density at radius 2 is 1.57 bits per heavy atom. The number of fused-ring (bicyclic) bond motifs is 1. The Labute approximate surface area is 320 Å². The van der Waals surface area contributed by atoms with Gasteiger partial charge in [0.2, 0.25) is 8.32 Å². The number of nitrogens with one attached hydrogen (secondary N) is 1. The summed E-state index contributed by atoms with van der Waals surface area (Å²) < 4.78 is 30.2. The van der Waals surface area contributed by atoms with Crippen molar-refractivity contribution in [1.29, 1.82) is 0 Å². The van der Waals surface area contributed by atoms with E-state index in [1.165, 1.54) is 7.11 Å². The molecular formula is C43H54N2O8Si. The van der Waals surface area contributed by atoms with Crippen LogP contribution in [0.15, 0.2) is 84.9 Å².